The van der Waals surface area contributed by atoms with Gasteiger partial charge in [-0.05, 0) is 31.2 Å². The summed E-state index contributed by atoms with van der Waals surface area (Å²) in [6.45, 7) is 10.4. The molecule has 1 amide bonds. The maximum Gasteiger partial charge on any atom is 0.274 e. The first kappa shape index (κ1) is 18.3. The van der Waals surface area contributed by atoms with Gasteiger partial charge in [0.1, 0.15) is 0 Å². The normalized spacial score (nSPS) is 15.1. The zero-order valence-corrected chi connectivity index (χ0v) is 15.6. The van der Waals surface area contributed by atoms with E-state index in [0.29, 0.717) is 18.8 Å². The van der Waals surface area contributed by atoms with Crippen molar-refractivity contribution in [2.45, 2.75) is 20.4 Å². The number of hydrogen-bond acceptors (Lipinski definition) is 5. The summed E-state index contributed by atoms with van der Waals surface area (Å²) in [5, 5.41) is 8.51. The molecule has 6 nitrogen and oxygen atoms in total. The van der Waals surface area contributed by atoms with Crippen LogP contribution in [0.15, 0.2) is 42.5 Å². The van der Waals surface area contributed by atoms with Gasteiger partial charge in [0.2, 0.25) is 0 Å². The maximum absolute atomic E-state index is 12.8. The number of anilines is 1. The second-order valence-corrected chi connectivity index (χ2v) is 6.50. The highest BCUT2D eigenvalue weighted by atomic mass is 16.2. The second-order valence-electron chi connectivity index (χ2n) is 6.50. The highest BCUT2D eigenvalue weighted by Gasteiger charge is 2.20. The van der Waals surface area contributed by atoms with Crippen molar-refractivity contribution in [1.82, 2.24) is 20.0 Å². The van der Waals surface area contributed by atoms with Crippen molar-refractivity contribution >= 4 is 11.7 Å². The zero-order chi connectivity index (χ0) is 18.4. The van der Waals surface area contributed by atoms with Gasteiger partial charge in [-0.25, -0.2) is 0 Å². The predicted molar refractivity (Wildman–Crippen MR) is 103 cm³/mol. The number of amides is 1. The second kappa shape index (κ2) is 8.76. The number of likely N-dealkylation sites (N-methyl/N-ethyl adjacent to an activating group) is 1. The molecule has 138 valence electrons. The van der Waals surface area contributed by atoms with Crippen LogP contribution in [0.25, 0.3) is 0 Å². The van der Waals surface area contributed by atoms with Crippen molar-refractivity contribution < 1.29 is 4.79 Å². The molecule has 0 saturated carbocycles. The van der Waals surface area contributed by atoms with E-state index in [0.717, 1.165) is 44.1 Å². The van der Waals surface area contributed by atoms with Gasteiger partial charge in [0, 0.05) is 39.3 Å². The van der Waals surface area contributed by atoms with Gasteiger partial charge in [0.25, 0.3) is 5.91 Å². The maximum atomic E-state index is 12.8. The van der Waals surface area contributed by atoms with Crippen LogP contribution in [-0.4, -0.2) is 65.2 Å². The van der Waals surface area contributed by atoms with Crippen LogP contribution in [-0.2, 0) is 6.54 Å². The molecule has 1 fully saturated rings. The van der Waals surface area contributed by atoms with E-state index in [4.69, 9.17) is 0 Å². The fourth-order valence-corrected chi connectivity index (χ4v) is 3.19. The van der Waals surface area contributed by atoms with Crippen LogP contribution in [0.4, 0.5) is 5.82 Å². The molecule has 1 aliphatic rings. The van der Waals surface area contributed by atoms with Crippen molar-refractivity contribution in [1.29, 1.82) is 0 Å². The third-order valence-electron chi connectivity index (χ3n) is 4.90. The van der Waals surface area contributed by atoms with Crippen LogP contribution in [0.3, 0.4) is 0 Å². The number of rotatable bonds is 6. The Morgan fingerprint density at radius 2 is 1.73 bits per heavy atom. The van der Waals surface area contributed by atoms with Crippen molar-refractivity contribution in [2.24, 2.45) is 0 Å². The Labute approximate surface area is 155 Å². The van der Waals surface area contributed by atoms with Gasteiger partial charge < -0.3 is 14.7 Å². The lowest BCUT2D eigenvalue weighted by atomic mass is 10.2. The molecule has 0 atom stereocenters. The molecular weight excluding hydrogens is 326 g/mol. The van der Waals surface area contributed by atoms with Crippen molar-refractivity contribution in [3.63, 3.8) is 0 Å². The van der Waals surface area contributed by atoms with Gasteiger partial charge in [-0.2, -0.15) is 0 Å². The molecule has 6 heteroatoms. The van der Waals surface area contributed by atoms with E-state index in [-0.39, 0.29) is 5.91 Å². The molecule has 0 spiro atoms. The molecule has 2 aromatic rings. The number of aromatic nitrogens is 2. The van der Waals surface area contributed by atoms with Gasteiger partial charge in [-0.15, -0.1) is 10.2 Å². The number of nitrogens with zero attached hydrogens (tertiary/aromatic N) is 5. The molecule has 1 aromatic carbocycles. The number of piperazine rings is 1. The third-order valence-corrected chi connectivity index (χ3v) is 4.90. The Bertz CT molecular complexity index is 696. The molecule has 1 aliphatic heterocycles. The molecule has 0 aliphatic carbocycles. The number of carbonyl (C=O) groups excluding carboxylic acids is 1. The summed E-state index contributed by atoms with van der Waals surface area (Å²) in [5.74, 6) is 0.773. The minimum Gasteiger partial charge on any atom is -0.353 e. The van der Waals surface area contributed by atoms with E-state index in [1.165, 1.54) is 0 Å². The first-order chi connectivity index (χ1) is 12.7. The average molecular weight is 353 g/mol. The monoisotopic (exact) mass is 353 g/mol. The van der Waals surface area contributed by atoms with Crippen LogP contribution in [0.2, 0.25) is 0 Å². The SMILES string of the molecule is CCN1CCN(c2ccc(C(=O)N(CC)Cc3ccccc3)nn2)CC1. The first-order valence-electron chi connectivity index (χ1n) is 9.35. The molecule has 2 heterocycles. The Morgan fingerprint density at radius 3 is 2.31 bits per heavy atom. The number of hydrogen-bond donors (Lipinski definition) is 0. The smallest absolute Gasteiger partial charge is 0.274 e. The average Bonchev–Trinajstić information content (AvgIpc) is 2.72. The van der Waals surface area contributed by atoms with Gasteiger partial charge in [0.05, 0.1) is 0 Å². The van der Waals surface area contributed by atoms with Gasteiger partial charge in [0.15, 0.2) is 11.5 Å². The summed E-state index contributed by atoms with van der Waals surface area (Å²) in [5.41, 5.74) is 1.51. The molecule has 1 saturated heterocycles. The highest BCUT2D eigenvalue weighted by molar-refractivity contribution is 5.92. The standard InChI is InChI=1S/C20H27N5O/c1-3-23-12-14-25(15-13-23)19-11-10-18(21-22-19)20(26)24(4-2)16-17-8-6-5-7-9-17/h5-11H,3-4,12-16H2,1-2H3. The quantitative estimate of drug-likeness (QED) is 0.797. The topological polar surface area (TPSA) is 52.6 Å². The van der Waals surface area contributed by atoms with E-state index < -0.39 is 0 Å². The summed E-state index contributed by atoms with van der Waals surface area (Å²) < 4.78 is 0. The van der Waals surface area contributed by atoms with Crippen LogP contribution in [0, 0.1) is 0 Å². The van der Waals surface area contributed by atoms with E-state index in [1.54, 1.807) is 11.0 Å². The fraction of sp³-hybridized carbons (Fsp3) is 0.450. The van der Waals surface area contributed by atoms with Crippen LogP contribution in [0.1, 0.15) is 29.9 Å². The molecule has 0 unspecified atom stereocenters. The van der Waals surface area contributed by atoms with Crippen LogP contribution >= 0.6 is 0 Å². The minimum absolute atomic E-state index is 0.0776. The Balaban J connectivity index is 1.64. The van der Waals surface area contributed by atoms with E-state index in [2.05, 4.69) is 26.9 Å². The summed E-state index contributed by atoms with van der Waals surface area (Å²) in [4.78, 5) is 19.2. The van der Waals surface area contributed by atoms with E-state index in [9.17, 15) is 4.79 Å². The van der Waals surface area contributed by atoms with Gasteiger partial charge in [-0.1, -0.05) is 37.3 Å². The highest BCUT2D eigenvalue weighted by Crippen LogP contribution is 2.14. The summed E-state index contributed by atoms with van der Waals surface area (Å²) >= 11 is 0. The summed E-state index contributed by atoms with van der Waals surface area (Å²) in [6, 6.07) is 13.7. The summed E-state index contributed by atoms with van der Waals surface area (Å²) in [7, 11) is 0. The molecule has 0 bridgehead atoms. The van der Waals surface area contributed by atoms with E-state index >= 15 is 0 Å². The minimum atomic E-state index is -0.0776. The fourth-order valence-electron chi connectivity index (χ4n) is 3.19. The van der Waals surface area contributed by atoms with Gasteiger partial charge in [-0.3, -0.25) is 4.79 Å². The lowest BCUT2D eigenvalue weighted by molar-refractivity contribution is 0.0745. The third kappa shape index (κ3) is 4.38. The molecular formula is C20H27N5O. The van der Waals surface area contributed by atoms with Crippen LogP contribution < -0.4 is 4.90 Å². The molecule has 1 aromatic heterocycles. The van der Waals surface area contributed by atoms with Crippen molar-refractivity contribution in [3.8, 4) is 0 Å². The number of carbonyl (C=O) groups is 1. The summed E-state index contributed by atoms with van der Waals surface area (Å²) in [6.07, 6.45) is 0. The Kier molecular flexibility index (Phi) is 6.17. The van der Waals surface area contributed by atoms with E-state index in [1.807, 2.05) is 43.3 Å². The Hall–Kier alpha value is -2.47. The Morgan fingerprint density at radius 1 is 1.00 bits per heavy atom. The largest absolute Gasteiger partial charge is 0.353 e. The van der Waals surface area contributed by atoms with Crippen LogP contribution in [0.5, 0.6) is 0 Å². The molecule has 0 radical (unpaired) electrons. The zero-order valence-electron chi connectivity index (χ0n) is 15.6. The first-order valence-corrected chi connectivity index (χ1v) is 9.35. The predicted octanol–water partition coefficient (Wildman–Crippen LogP) is 2.28. The lowest BCUT2D eigenvalue weighted by Gasteiger charge is -2.34. The van der Waals surface area contributed by atoms with Gasteiger partial charge >= 0.3 is 0 Å². The molecule has 0 N–H and O–H groups in total. The molecule has 3 rings (SSSR count). The molecule has 26 heavy (non-hydrogen) atoms. The van der Waals surface area contributed by atoms with Crippen molar-refractivity contribution in [2.75, 3.05) is 44.2 Å². The number of benzene rings is 1. The van der Waals surface area contributed by atoms with Crippen molar-refractivity contribution in [3.05, 3.63) is 53.7 Å². The lowest BCUT2D eigenvalue weighted by Crippen LogP contribution is -2.46.